The molecule has 0 amide bonds. The third-order valence-corrected chi connectivity index (χ3v) is 5.10. The van der Waals surface area contributed by atoms with Crippen LogP contribution >= 0.6 is 0 Å². The van der Waals surface area contributed by atoms with Crippen LogP contribution in [0.3, 0.4) is 0 Å². The minimum atomic E-state index is -0.0530. The van der Waals surface area contributed by atoms with E-state index < -0.39 is 0 Å². The van der Waals surface area contributed by atoms with Gasteiger partial charge >= 0.3 is 0 Å². The number of hydrogen-bond acceptors (Lipinski definition) is 3. The molecule has 3 unspecified atom stereocenters. The van der Waals surface area contributed by atoms with E-state index in [-0.39, 0.29) is 12.0 Å². The molecule has 3 nitrogen and oxygen atoms in total. The minimum absolute atomic E-state index is 0.0530. The van der Waals surface area contributed by atoms with Gasteiger partial charge in [0.2, 0.25) is 0 Å². The van der Waals surface area contributed by atoms with Gasteiger partial charge in [0, 0.05) is 12.3 Å². The van der Waals surface area contributed by atoms with Crippen molar-refractivity contribution in [3.63, 3.8) is 0 Å². The summed E-state index contributed by atoms with van der Waals surface area (Å²) in [7, 11) is 0. The molecule has 0 bridgehead atoms. The van der Waals surface area contributed by atoms with Crippen LogP contribution in [0.5, 0.6) is 0 Å². The second kappa shape index (κ2) is 6.71. The Morgan fingerprint density at radius 1 is 1.24 bits per heavy atom. The van der Waals surface area contributed by atoms with Gasteiger partial charge in [-0.2, -0.15) is 0 Å². The summed E-state index contributed by atoms with van der Waals surface area (Å²) >= 11 is 0. The van der Waals surface area contributed by atoms with Crippen LogP contribution in [0.1, 0.15) is 49.3 Å². The summed E-state index contributed by atoms with van der Waals surface area (Å²) in [6.07, 6.45) is 5.91. The first-order valence-corrected chi connectivity index (χ1v) is 8.21. The molecule has 3 rings (SSSR count). The Morgan fingerprint density at radius 2 is 2.05 bits per heavy atom. The summed E-state index contributed by atoms with van der Waals surface area (Å²) < 4.78 is 5.88. The smallest absolute Gasteiger partial charge is 0.139 e. The lowest BCUT2D eigenvalue weighted by Gasteiger charge is -2.32. The molecule has 1 aromatic carbocycles. The van der Waals surface area contributed by atoms with Crippen molar-refractivity contribution in [1.29, 1.82) is 0 Å². The third-order valence-electron chi connectivity index (χ3n) is 5.10. The van der Waals surface area contributed by atoms with Crippen molar-refractivity contribution in [2.24, 2.45) is 17.6 Å². The Labute approximate surface area is 126 Å². The molecule has 114 valence electrons. The maximum absolute atomic E-state index is 12.7. The van der Waals surface area contributed by atoms with Crippen LogP contribution in [0.2, 0.25) is 0 Å². The highest BCUT2D eigenvalue weighted by molar-refractivity contribution is 5.82. The van der Waals surface area contributed by atoms with E-state index in [1.807, 2.05) is 6.07 Å². The van der Waals surface area contributed by atoms with E-state index in [9.17, 15) is 4.79 Å². The highest BCUT2D eigenvalue weighted by Crippen LogP contribution is 2.35. The highest BCUT2D eigenvalue weighted by Gasteiger charge is 2.32. The Morgan fingerprint density at radius 3 is 2.90 bits per heavy atom. The number of hydrogen-bond donors (Lipinski definition) is 1. The zero-order chi connectivity index (χ0) is 14.7. The fraction of sp³-hybridized carbons (Fsp3) is 0.611. The molecular formula is C18H25NO2. The molecule has 3 heteroatoms. The van der Waals surface area contributed by atoms with E-state index in [0.29, 0.717) is 24.7 Å². The number of rotatable bonds is 4. The van der Waals surface area contributed by atoms with Gasteiger partial charge in [0.05, 0.1) is 12.7 Å². The number of fused-ring (bicyclic) bond motifs is 1. The average Bonchev–Trinajstić information content (AvgIpc) is 2.55. The molecule has 1 saturated carbocycles. The molecule has 1 heterocycles. The van der Waals surface area contributed by atoms with Crippen molar-refractivity contribution in [2.75, 3.05) is 13.2 Å². The number of Topliss-reactive ketones (excluding diaryl/α,β-unsaturated/α-hetero) is 1. The number of ketones is 1. The maximum Gasteiger partial charge on any atom is 0.139 e. The maximum atomic E-state index is 12.7. The normalized spacial score (nSPS) is 28.9. The SMILES string of the molecule is NCC1CCCCC1C(=O)CC1OCCc2ccccc21. The monoisotopic (exact) mass is 287 g/mol. The first kappa shape index (κ1) is 14.7. The number of nitrogens with two attached hydrogens (primary N) is 1. The van der Waals surface area contributed by atoms with Gasteiger partial charge in [-0.3, -0.25) is 4.79 Å². The third kappa shape index (κ3) is 3.19. The van der Waals surface area contributed by atoms with Gasteiger partial charge in [-0.25, -0.2) is 0 Å². The molecule has 21 heavy (non-hydrogen) atoms. The number of benzene rings is 1. The molecule has 1 fully saturated rings. The standard InChI is InChI=1S/C18H25NO2/c19-12-14-6-2-3-7-15(14)17(20)11-18-16-8-4-1-5-13(16)9-10-21-18/h1,4-5,8,14-15,18H,2-3,6-7,9-12,19H2. The van der Waals surface area contributed by atoms with Crippen LogP contribution in [-0.4, -0.2) is 18.9 Å². The Balaban J connectivity index is 1.70. The highest BCUT2D eigenvalue weighted by atomic mass is 16.5. The fourth-order valence-corrected chi connectivity index (χ4v) is 3.89. The predicted molar refractivity (Wildman–Crippen MR) is 83.0 cm³/mol. The lowest BCUT2D eigenvalue weighted by atomic mass is 9.75. The van der Waals surface area contributed by atoms with Crippen molar-refractivity contribution < 1.29 is 9.53 Å². The molecule has 2 aliphatic rings. The summed E-state index contributed by atoms with van der Waals surface area (Å²) in [5, 5.41) is 0. The Hall–Kier alpha value is -1.19. The fourth-order valence-electron chi connectivity index (χ4n) is 3.89. The number of carbonyl (C=O) groups excluding carboxylic acids is 1. The van der Waals surface area contributed by atoms with Crippen molar-refractivity contribution in [1.82, 2.24) is 0 Å². The average molecular weight is 287 g/mol. The van der Waals surface area contributed by atoms with Crippen molar-refractivity contribution in [3.8, 4) is 0 Å². The summed E-state index contributed by atoms with van der Waals surface area (Å²) in [5.41, 5.74) is 8.40. The van der Waals surface area contributed by atoms with E-state index in [4.69, 9.17) is 10.5 Å². The zero-order valence-electron chi connectivity index (χ0n) is 12.6. The van der Waals surface area contributed by atoms with E-state index in [0.717, 1.165) is 32.3 Å². The van der Waals surface area contributed by atoms with E-state index >= 15 is 0 Å². The van der Waals surface area contributed by atoms with Gasteiger partial charge in [-0.05, 0) is 42.9 Å². The van der Waals surface area contributed by atoms with Gasteiger partial charge in [0.25, 0.3) is 0 Å². The van der Waals surface area contributed by atoms with E-state index in [1.54, 1.807) is 0 Å². The molecule has 1 aliphatic carbocycles. The van der Waals surface area contributed by atoms with Crippen LogP contribution in [-0.2, 0) is 16.0 Å². The molecule has 3 atom stereocenters. The molecule has 0 aromatic heterocycles. The molecule has 1 aliphatic heterocycles. The predicted octanol–water partition coefficient (Wildman–Crippen LogP) is 3.02. The molecule has 1 aromatic rings. The van der Waals surface area contributed by atoms with Crippen molar-refractivity contribution in [2.45, 2.75) is 44.6 Å². The Bertz CT molecular complexity index is 500. The first-order chi connectivity index (χ1) is 10.3. The lowest BCUT2D eigenvalue weighted by Crippen LogP contribution is -2.33. The molecule has 0 saturated heterocycles. The zero-order valence-corrected chi connectivity index (χ0v) is 12.6. The summed E-state index contributed by atoms with van der Waals surface area (Å²) in [6.45, 7) is 1.36. The molecule has 0 spiro atoms. The second-order valence-corrected chi connectivity index (χ2v) is 6.37. The topological polar surface area (TPSA) is 52.3 Å². The van der Waals surface area contributed by atoms with Crippen LogP contribution in [0.15, 0.2) is 24.3 Å². The second-order valence-electron chi connectivity index (χ2n) is 6.37. The summed E-state index contributed by atoms with van der Waals surface area (Å²) in [4.78, 5) is 12.7. The molecule has 0 radical (unpaired) electrons. The number of carbonyl (C=O) groups is 1. The largest absolute Gasteiger partial charge is 0.373 e. The van der Waals surface area contributed by atoms with Crippen LogP contribution in [0.25, 0.3) is 0 Å². The van der Waals surface area contributed by atoms with Crippen LogP contribution in [0, 0.1) is 11.8 Å². The van der Waals surface area contributed by atoms with Crippen molar-refractivity contribution in [3.05, 3.63) is 35.4 Å². The van der Waals surface area contributed by atoms with Gasteiger partial charge in [-0.15, -0.1) is 0 Å². The van der Waals surface area contributed by atoms with Crippen molar-refractivity contribution >= 4 is 5.78 Å². The summed E-state index contributed by atoms with van der Waals surface area (Å²) in [5.74, 6) is 0.887. The van der Waals surface area contributed by atoms with E-state index in [2.05, 4.69) is 18.2 Å². The minimum Gasteiger partial charge on any atom is -0.373 e. The van der Waals surface area contributed by atoms with Gasteiger partial charge in [0.15, 0.2) is 0 Å². The van der Waals surface area contributed by atoms with Crippen LogP contribution < -0.4 is 5.73 Å². The number of ether oxygens (including phenoxy) is 1. The molecular weight excluding hydrogens is 262 g/mol. The van der Waals surface area contributed by atoms with Gasteiger partial charge in [0.1, 0.15) is 5.78 Å². The lowest BCUT2D eigenvalue weighted by molar-refractivity contribution is -0.128. The summed E-state index contributed by atoms with van der Waals surface area (Å²) in [6, 6.07) is 8.36. The van der Waals surface area contributed by atoms with Gasteiger partial charge in [-0.1, -0.05) is 37.1 Å². The van der Waals surface area contributed by atoms with Gasteiger partial charge < -0.3 is 10.5 Å². The quantitative estimate of drug-likeness (QED) is 0.926. The van der Waals surface area contributed by atoms with E-state index in [1.165, 1.54) is 17.5 Å². The molecule has 2 N–H and O–H groups in total. The van der Waals surface area contributed by atoms with Crippen LogP contribution in [0.4, 0.5) is 0 Å². The Kier molecular flexibility index (Phi) is 4.71. The first-order valence-electron chi connectivity index (χ1n) is 8.21.